The predicted molar refractivity (Wildman–Crippen MR) is 51.5 cm³/mol. The number of amides is 1. The third-order valence-electron chi connectivity index (χ3n) is 2.31. The van der Waals surface area contributed by atoms with Crippen LogP contribution in [0, 0.1) is 5.92 Å². The van der Waals surface area contributed by atoms with Crippen molar-refractivity contribution in [3.8, 4) is 0 Å². The van der Waals surface area contributed by atoms with Crippen LogP contribution in [0.4, 0.5) is 0 Å². The number of likely N-dealkylation sites (tertiary alicyclic amines) is 1. The van der Waals surface area contributed by atoms with E-state index in [1.165, 1.54) is 6.92 Å². The van der Waals surface area contributed by atoms with Gasteiger partial charge in [0.15, 0.2) is 6.61 Å². The van der Waals surface area contributed by atoms with Crippen molar-refractivity contribution in [1.29, 1.82) is 0 Å². The van der Waals surface area contributed by atoms with Crippen LogP contribution in [0.15, 0.2) is 12.7 Å². The van der Waals surface area contributed by atoms with Crippen LogP contribution in [-0.2, 0) is 14.3 Å². The van der Waals surface area contributed by atoms with Gasteiger partial charge in [0.2, 0.25) is 0 Å². The van der Waals surface area contributed by atoms with E-state index in [4.69, 9.17) is 0 Å². The number of hydrogen-bond acceptors (Lipinski definition) is 3. The monoisotopic (exact) mass is 197 g/mol. The van der Waals surface area contributed by atoms with E-state index in [0.717, 1.165) is 13.0 Å². The van der Waals surface area contributed by atoms with Gasteiger partial charge < -0.3 is 9.64 Å². The lowest BCUT2D eigenvalue weighted by Crippen LogP contribution is -2.32. The number of ether oxygens (including phenoxy) is 1. The molecule has 1 aliphatic heterocycles. The molecule has 0 N–H and O–H groups in total. The van der Waals surface area contributed by atoms with Crippen molar-refractivity contribution in [2.24, 2.45) is 5.92 Å². The molecule has 78 valence electrons. The Kier molecular flexibility index (Phi) is 3.68. The Morgan fingerprint density at radius 2 is 2.36 bits per heavy atom. The molecule has 0 radical (unpaired) electrons. The van der Waals surface area contributed by atoms with E-state index < -0.39 is 5.97 Å². The number of nitrogens with zero attached hydrogens (tertiary/aromatic N) is 1. The summed E-state index contributed by atoms with van der Waals surface area (Å²) in [4.78, 5) is 23.6. The van der Waals surface area contributed by atoms with E-state index in [9.17, 15) is 9.59 Å². The molecule has 1 atom stereocenters. The summed E-state index contributed by atoms with van der Waals surface area (Å²) in [7, 11) is 0. The Morgan fingerprint density at radius 1 is 1.64 bits per heavy atom. The fourth-order valence-corrected chi connectivity index (χ4v) is 1.46. The average Bonchev–Trinajstić information content (AvgIpc) is 2.62. The first-order valence-electron chi connectivity index (χ1n) is 4.67. The zero-order chi connectivity index (χ0) is 10.6. The summed E-state index contributed by atoms with van der Waals surface area (Å²) in [6.07, 6.45) is 2.81. The SMILES string of the molecule is C=CC1CCN(C(=O)COC(C)=O)C1. The minimum Gasteiger partial charge on any atom is -0.456 e. The highest BCUT2D eigenvalue weighted by Gasteiger charge is 2.24. The summed E-state index contributed by atoms with van der Waals surface area (Å²) in [5.41, 5.74) is 0. The standard InChI is InChI=1S/C10H15NO3/c1-3-9-4-5-11(6-9)10(13)7-14-8(2)12/h3,9H,1,4-7H2,2H3. The second-order valence-electron chi connectivity index (χ2n) is 3.40. The van der Waals surface area contributed by atoms with Crippen molar-refractivity contribution in [3.05, 3.63) is 12.7 Å². The molecule has 14 heavy (non-hydrogen) atoms. The van der Waals surface area contributed by atoms with Crippen LogP contribution in [-0.4, -0.2) is 36.5 Å². The highest BCUT2D eigenvalue weighted by atomic mass is 16.5. The summed E-state index contributed by atoms with van der Waals surface area (Å²) in [5.74, 6) is -0.154. The number of carbonyl (C=O) groups is 2. The van der Waals surface area contributed by atoms with Gasteiger partial charge in [-0.2, -0.15) is 0 Å². The van der Waals surface area contributed by atoms with Crippen molar-refractivity contribution in [2.75, 3.05) is 19.7 Å². The van der Waals surface area contributed by atoms with Gasteiger partial charge in [0, 0.05) is 20.0 Å². The van der Waals surface area contributed by atoms with Crippen molar-refractivity contribution < 1.29 is 14.3 Å². The molecular weight excluding hydrogens is 182 g/mol. The molecule has 0 bridgehead atoms. The van der Waals surface area contributed by atoms with Crippen molar-refractivity contribution in [3.63, 3.8) is 0 Å². The van der Waals surface area contributed by atoms with E-state index in [1.807, 2.05) is 6.08 Å². The van der Waals surface area contributed by atoms with E-state index in [-0.39, 0.29) is 12.5 Å². The van der Waals surface area contributed by atoms with Gasteiger partial charge in [-0.15, -0.1) is 6.58 Å². The summed E-state index contributed by atoms with van der Waals surface area (Å²) in [6.45, 7) is 6.27. The molecule has 1 rings (SSSR count). The molecule has 1 saturated heterocycles. The largest absolute Gasteiger partial charge is 0.456 e. The lowest BCUT2D eigenvalue weighted by molar-refractivity contribution is -0.149. The smallest absolute Gasteiger partial charge is 0.303 e. The minimum atomic E-state index is -0.419. The third-order valence-corrected chi connectivity index (χ3v) is 2.31. The Morgan fingerprint density at radius 3 is 2.86 bits per heavy atom. The molecule has 0 aliphatic carbocycles. The highest BCUT2D eigenvalue weighted by Crippen LogP contribution is 2.16. The van der Waals surface area contributed by atoms with Crippen LogP contribution in [0.5, 0.6) is 0 Å². The van der Waals surface area contributed by atoms with Gasteiger partial charge in [-0.25, -0.2) is 0 Å². The van der Waals surface area contributed by atoms with Gasteiger partial charge in [-0.05, 0) is 12.3 Å². The van der Waals surface area contributed by atoms with Crippen molar-refractivity contribution >= 4 is 11.9 Å². The Bertz CT molecular complexity index is 250. The Labute approximate surface area is 83.5 Å². The minimum absolute atomic E-state index is 0.121. The fourth-order valence-electron chi connectivity index (χ4n) is 1.46. The quantitative estimate of drug-likeness (QED) is 0.491. The Balaban J connectivity index is 2.32. The van der Waals surface area contributed by atoms with Crippen molar-refractivity contribution in [1.82, 2.24) is 4.90 Å². The molecule has 0 spiro atoms. The number of rotatable bonds is 3. The zero-order valence-electron chi connectivity index (χ0n) is 8.36. The molecule has 1 fully saturated rings. The molecule has 1 unspecified atom stereocenters. The van der Waals surface area contributed by atoms with Crippen LogP contribution < -0.4 is 0 Å². The first-order valence-corrected chi connectivity index (χ1v) is 4.67. The van der Waals surface area contributed by atoms with Gasteiger partial charge in [0.25, 0.3) is 5.91 Å². The molecule has 4 heteroatoms. The van der Waals surface area contributed by atoms with E-state index >= 15 is 0 Å². The summed E-state index contributed by atoms with van der Waals surface area (Å²) in [6, 6.07) is 0. The molecule has 1 amide bonds. The maximum absolute atomic E-state index is 11.4. The maximum atomic E-state index is 11.4. The summed E-state index contributed by atoms with van der Waals surface area (Å²) in [5, 5.41) is 0. The van der Waals surface area contributed by atoms with Crippen LogP contribution in [0.2, 0.25) is 0 Å². The van der Waals surface area contributed by atoms with Crippen LogP contribution in [0.1, 0.15) is 13.3 Å². The van der Waals surface area contributed by atoms with Gasteiger partial charge in [0.1, 0.15) is 0 Å². The molecule has 4 nitrogen and oxygen atoms in total. The third kappa shape index (κ3) is 2.87. The predicted octanol–water partition coefficient (Wildman–Crippen LogP) is 0.584. The maximum Gasteiger partial charge on any atom is 0.303 e. The molecule has 0 aromatic heterocycles. The summed E-state index contributed by atoms with van der Waals surface area (Å²) >= 11 is 0. The fraction of sp³-hybridized carbons (Fsp3) is 0.600. The van der Waals surface area contributed by atoms with E-state index in [2.05, 4.69) is 11.3 Å². The zero-order valence-corrected chi connectivity index (χ0v) is 8.36. The number of hydrogen-bond donors (Lipinski definition) is 0. The number of esters is 1. The Hall–Kier alpha value is -1.32. The lowest BCUT2D eigenvalue weighted by Gasteiger charge is -2.15. The van der Waals surface area contributed by atoms with Gasteiger partial charge in [-0.3, -0.25) is 9.59 Å². The van der Waals surface area contributed by atoms with E-state index in [1.54, 1.807) is 4.90 Å². The first-order chi connectivity index (χ1) is 6.63. The van der Waals surface area contributed by atoms with Gasteiger partial charge in [0.05, 0.1) is 0 Å². The van der Waals surface area contributed by atoms with Crippen LogP contribution in [0.25, 0.3) is 0 Å². The molecular formula is C10H15NO3. The molecule has 0 saturated carbocycles. The second kappa shape index (κ2) is 4.79. The summed E-state index contributed by atoms with van der Waals surface area (Å²) < 4.78 is 4.63. The molecule has 1 aliphatic rings. The van der Waals surface area contributed by atoms with Crippen LogP contribution >= 0.6 is 0 Å². The molecule has 0 aromatic rings. The van der Waals surface area contributed by atoms with Gasteiger partial charge >= 0.3 is 5.97 Å². The second-order valence-corrected chi connectivity index (χ2v) is 3.40. The first kappa shape index (κ1) is 10.8. The molecule has 1 heterocycles. The topological polar surface area (TPSA) is 46.6 Å². The van der Waals surface area contributed by atoms with E-state index in [0.29, 0.717) is 12.5 Å². The van der Waals surface area contributed by atoms with Crippen molar-refractivity contribution in [2.45, 2.75) is 13.3 Å². The van der Waals surface area contributed by atoms with Crippen LogP contribution in [0.3, 0.4) is 0 Å². The average molecular weight is 197 g/mol. The highest BCUT2D eigenvalue weighted by molar-refractivity contribution is 5.80. The molecule has 0 aromatic carbocycles. The normalized spacial score (nSPS) is 20.6. The van der Waals surface area contributed by atoms with Gasteiger partial charge in [-0.1, -0.05) is 6.08 Å². The lowest BCUT2D eigenvalue weighted by atomic mass is 10.1. The number of carbonyl (C=O) groups excluding carboxylic acids is 2.